The van der Waals surface area contributed by atoms with Crippen LogP contribution in [0.4, 0.5) is 10.9 Å². The number of nitrogen functional groups attached to an aromatic ring is 1. The van der Waals surface area contributed by atoms with Crippen molar-refractivity contribution in [3.63, 3.8) is 0 Å². The Kier molecular flexibility index (Phi) is 8.82. The van der Waals surface area contributed by atoms with Crippen LogP contribution in [0.25, 0.3) is 0 Å². The third kappa shape index (κ3) is 5.67. The summed E-state index contributed by atoms with van der Waals surface area (Å²) in [6.45, 7) is 0. The van der Waals surface area contributed by atoms with E-state index in [1.54, 1.807) is 12.1 Å². The zero-order valence-corrected chi connectivity index (χ0v) is 17.3. The van der Waals surface area contributed by atoms with Crippen LogP contribution >= 0.6 is 11.3 Å². The molecule has 1 aliphatic rings. The van der Waals surface area contributed by atoms with Crippen LogP contribution in [0.2, 0.25) is 0 Å². The Labute approximate surface area is 227 Å². The topological polar surface area (TPSA) is 206 Å². The summed E-state index contributed by atoms with van der Waals surface area (Å²) < 4.78 is 32.4. The van der Waals surface area contributed by atoms with Gasteiger partial charge >= 0.3 is 61.7 Å². The van der Waals surface area contributed by atoms with Gasteiger partial charge < -0.3 is 21.2 Å². The number of anilines is 2. The maximum absolute atomic E-state index is 12.6. The van der Waals surface area contributed by atoms with Gasteiger partial charge in [0.25, 0.3) is 17.7 Å². The molecule has 2 aromatic rings. The van der Waals surface area contributed by atoms with E-state index in [9.17, 15) is 27.4 Å². The van der Waals surface area contributed by atoms with Gasteiger partial charge in [-0.2, -0.15) is 12.7 Å². The quantitative estimate of drug-likeness (QED) is 0.106. The van der Waals surface area contributed by atoms with Gasteiger partial charge in [0, 0.05) is 11.6 Å². The van der Waals surface area contributed by atoms with E-state index < -0.39 is 40.1 Å². The Morgan fingerprint density at radius 1 is 1.38 bits per heavy atom. The van der Waals surface area contributed by atoms with Crippen molar-refractivity contribution in [2.45, 2.75) is 12.1 Å². The number of amides is 3. The number of nitrogens with two attached hydrogens (primary N) is 1. The number of aromatic nitrogens is 2. The summed E-state index contributed by atoms with van der Waals surface area (Å²) in [6.07, 6.45) is 1.37. The predicted octanol–water partition coefficient (Wildman–Crippen LogP) is -2.04. The zero-order chi connectivity index (χ0) is 22.8. The second-order valence-electron chi connectivity index (χ2n) is 5.91. The molecule has 2 unspecified atom stereocenters. The van der Waals surface area contributed by atoms with Crippen molar-refractivity contribution < 1.29 is 32.2 Å². The number of carbonyl (C=O) groups is 3. The van der Waals surface area contributed by atoms with Gasteiger partial charge in [0.2, 0.25) is 0 Å². The Hall–Kier alpha value is -1.99. The molecule has 1 aliphatic heterocycles. The standard InChI is InChI=1S/C15H15N7O7S2.K.H/c1-29-21-9(7-6-30-15(16)18-7)12(23)20-10-11(22(14(10)25)31(26,27)28)13(24)19-8-4-2-3-5-17-8;;/h2-6,10-11H,1H3,(H2,16,18)(H,20,23)(H,17,19,24)(H,26,27,28);;/b21-9-;;. The van der Waals surface area contributed by atoms with Crippen molar-refractivity contribution in [1.29, 1.82) is 0 Å². The number of thiazole rings is 1. The minimum atomic E-state index is -5.08. The molecule has 3 amide bonds. The van der Waals surface area contributed by atoms with E-state index in [2.05, 4.69) is 30.6 Å². The third-order valence-corrected chi connectivity index (χ3v) is 5.51. The first-order valence-corrected chi connectivity index (χ1v) is 10.6. The first-order valence-electron chi connectivity index (χ1n) is 8.29. The van der Waals surface area contributed by atoms with Gasteiger partial charge in [-0.25, -0.2) is 9.97 Å². The summed E-state index contributed by atoms with van der Waals surface area (Å²) >= 11 is 1.02. The maximum atomic E-state index is 12.6. The number of hydrogen-bond acceptors (Lipinski definition) is 11. The molecule has 0 aromatic carbocycles. The molecule has 0 aliphatic carbocycles. The molecule has 0 saturated carbocycles. The molecule has 1 saturated heterocycles. The first kappa shape index (κ1) is 26.3. The Bertz CT molecular complexity index is 1160. The van der Waals surface area contributed by atoms with Crippen LogP contribution in [0.1, 0.15) is 5.69 Å². The minimum absolute atomic E-state index is 0. The van der Waals surface area contributed by atoms with Gasteiger partial charge in [0.05, 0.1) is 0 Å². The van der Waals surface area contributed by atoms with Crippen molar-refractivity contribution in [3.05, 3.63) is 35.5 Å². The summed E-state index contributed by atoms with van der Waals surface area (Å²) in [4.78, 5) is 49.9. The average Bonchev–Trinajstić information content (AvgIpc) is 3.13. The summed E-state index contributed by atoms with van der Waals surface area (Å²) in [7, 11) is -3.91. The molecule has 2 atom stereocenters. The second-order valence-corrected chi connectivity index (χ2v) is 8.08. The molecule has 32 heavy (non-hydrogen) atoms. The van der Waals surface area contributed by atoms with Crippen LogP contribution in [0.15, 0.2) is 34.9 Å². The first-order chi connectivity index (χ1) is 14.6. The molecule has 0 spiro atoms. The molecule has 17 heteroatoms. The molecule has 3 heterocycles. The Balaban J connectivity index is 0.00000363. The summed E-state index contributed by atoms with van der Waals surface area (Å²) in [5.74, 6) is -3.17. The number of β-lactam (4-membered cyclic amide) rings is 1. The van der Waals surface area contributed by atoms with Gasteiger partial charge in [0.1, 0.15) is 24.7 Å². The van der Waals surface area contributed by atoms with Gasteiger partial charge in [-0.1, -0.05) is 11.2 Å². The average molecular weight is 510 g/mol. The van der Waals surface area contributed by atoms with Crippen LogP contribution in [-0.4, -0.2) is 121 Å². The normalized spacial score (nSPS) is 18.2. The van der Waals surface area contributed by atoms with Crippen molar-refractivity contribution in [2.75, 3.05) is 18.2 Å². The molecule has 14 nitrogen and oxygen atoms in total. The Morgan fingerprint density at radius 2 is 2.09 bits per heavy atom. The van der Waals surface area contributed by atoms with Gasteiger partial charge in [-0.05, 0) is 12.1 Å². The van der Waals surface area contributed by atoms with Crippen LogP contribution in [0, 0.1) is 0 Å². The predicted molar refractivity (Wildman–Crippen MR) is 114 cm³/mol. The number of nitrogens with zero attached hydrogens (tertiary/aromatic N) is 4. The number of rotatable bonds is 7. The number of carbonyl (C=O) groups excluding carboxylic acids is 3. The molecule has 166 valence electrons. The van der Waals surface area contributed by atoms with Crippen molar-refractivity contribution >= 4 is 107 Å². The summed E-state index contributed by atoms with van der Waals surface area (Å²) in [6, 6.07) is 1.15. The monoisotopic (exact) mass is 509 g/mol. The molecule has 2 aromatic heterocycles. The molecule has 5 N–H and O–H groups in total. The Morgan fingerprint density at radius 3 is 2.62 bits per heavy atom. The van der Waals surface area contributed by atoms with Crippen LogP contribution < -0.4 is 16.4 Å². The fourth-order valence-electron chi connectivity index (χ4n) is 2.66. The van der Waals surface area contributed by atoms with E-state index in [1.165, 1.54) is 24.8 Å². The number of nitrogens with one attached hydrogen (secondary N) is 2. The van der Waals surface area contributed by atoms with E-state index in [-0.39, 0.29) is 78.0 Å². The number of oxime groups is 1. The van der Waals surface area contributed by atoms with E-state index >= 15 is 0 Å². The molecular weight excluding hydrogens is 493 g/mol. The third-order valence-electron chi connectivity index (χ3n) is 3.93. The van der Waals surface area contributed by atoms with Crippen molar-refractivity contribution in [2.24, 2.45) is 5.16 Å². The zero-order valence-electron chi connectivity index (χ0n) is 15.6. The van der Waals surface area contributed by atoms with Crippen molar-refractivity contribution in [3.8, 4) is 0 Å². The SMILES string of the molecule is CO/N=C(\C(=O)NC1C(=O)N(S(=O)(=O)O)C1C(=O)Nc1ccccn1)c1csc(N)n1.[KH]. The van der Waals surface area contributed by atoms with Gasteiger partial charge in [0.15, 0.2) is 16.9 Å². The number of pyridine rings is 1. The van der Waals surface area contributed by atoms with Crippen LogP contribution in [0.5, 0.6) is 0 Å². The molecule has 0 bridgehead atoms. The van der Waals surface area contributed by atoms with Crippen molar-refractivity contribution in [1.82, 2.24) is 19.6 Å². The van der Waals surface area contributed by atoms with Crippen LogP contribution in [-0.2, 0) is 29.5 Å². The van der Waals surface area contributed by atoms with Gasteiger partial charge in [-0.15, -0.1) is 11.3 Å². The molecule has 3 rings (SSSR count). The van der Waals surface area contributed by atoms with Gasteiger partial charge in [-0.3, -0.25) is 18.9 Å². The van der Waals surface area contributed by atoms with E-state index in [1.807, 2.05) is 0 Å². The molecule has 1 fully saturated rings. The molecule has 0 radical (unpaired) electrons. The van der Waals surface area contributed by atoms with E-state index in [4.69, 9.17) is 5.73 Å². The molecular formula is C15H16KN7O7S2. The fourth-order valence-corrected chi connectivity index (χ4v) is 4.05. The second kappa shape index (κ2) is 10.7. The summed E-state index contributed by atoms with van der Waals surface area (Å²) in [5, 5.41) is 9.59. The van der Waals surface area contributed by atoms with E-state index in [0.29, 0.717) is 0 Å². The summed E-state index contributed by atoms with van der Waals surface area (Å²) in [5.41, 5.74) is 5.21. The number of hydrogen-bond donors (Lipinski definition) is 4. The fraction of sp³-hybridized carbons (Fsp3) is 0.200. The van der Waals surface area contributed by atoms with Crippen LogP contribution in [0.3, 0.4) is 0 Å². The van der Waals surface area contributed by atoms with E-state index in [0.717, 1.165) is 11.3 Å².